The fourth-order valence-electron chi connectivity index (χ4n) is 10.3. The first kappa shape index (κ1) is 52.7. The van der Waals surface area contributed by atoms with Crippen molar-refractivity contribution in [3.05, 3.63) is 251 Å². The third kappa shape index (κ3) is 12.5. The van der Waals surface area contributed by atoms with Gasteiger partial charge < -0.3 is 39.4 Å². The molecule has 0 spiro atoms. The second-order valence-corrected chi connectivity index (χ2v) is 18.7. The standard InChI is InChI=1S/C68H64O8/c1-3-5-8-47(4-2)55-19-21-59(43-55)67(63-45-57(27-33-65(63)75-41-37-71)51-23-29-61(30-24-51)73-39-35-69)53-15-11-49(12-16-53)50-13-17-54(18-14-50)68(60-22-20-56(44-60)48-9-6-7-10-48)64-46-58(28-34-66(64)76-42-38-72)52-25-31-62(32-26-52)74-40-36-70/h1,4-6,8-34,43-46,59-60,67-72H,7,35-42H2,2H3/b8-5-,47-4+. The van der Waals surface area contributed by atoms with Crippen LogP contribution in [0, 0.1) is 24.2 Å². The lowest BCUT2D eigenvalue weighted by Crippen LogP contribution is -2.13. The van der Waals surface area contributed by atoms with Crippen molar-refractivity contribution < 1.29 is 39.4 Å². The zero-order valence-electron chi connectivity index (χ0n) is 42.8. The normalized spacial score (nSPS) is 16.6. The van der Waals surface area contributed by atoms with E-state index in [-0.39, 0.29) is 76.5 Å². The molecule has 9 rings (SSSR count). The van der Waals surface area contributed by atoms with E-state index in [0.29, 0.717) is 17.2 Å². The van der Waals surface area contributed by atoms with Gasteiger partial charge in [-0.05, 0) is 141 Å². The van der Waals surface area contributed by atoms with Gasteiger partial charge in [-0.1, -0.05) is 152 Å². The molecular weight excluding hydrogens is 945 g/mol. The van der Waals surface area contributed by atoms with Gasteiger partial charge in [0.05, 0.1) is 26.4 Å². The average Bonchev–Trinajstić information content (AvgIpc) is 4.30. The van der Waals surface area contributed by atoms with Crippen LogP contribution in [-0.4, -0.2) is 73.3 Å². The van der Waals surface area contributed by atoms with Crippen LogP contribution in [0.4, 0.5) is 0 Å². The lowest BCUT2D eigenvalue weighted by Gasteiger charge is -2.26. The molecule has 4 N–H and O–H groups in total. The van der Waals surface area contributed by atoms with Gasteiger partial charge in [0.1, 0.15) is 49.4 Å². The predicted octanol–water partition coefficient (Wildman–Crippen LogP) is 12.7. The van der Waals surface area contributed by atoms with Gasteiger partial charge in [-0.25, -0.2) is 0 Å². The van der Waals surface area contributed by atoms with Crippen molar-refractivity contribution in [1.82, 2.24) is 0 Å². The summed E-state index contributed by atoms with van der Waals surface area (Å²) in [6.07, 6.45) is 32.5. The van der Waals surface area contributed by atoms with Gasteiger partial charge in [0.25, 0.3) is 0 Å². The van der Waals surface area contributed by atoms with E-state index in [1.165, 1.54) is 11.1 Å². The van der Waals surface area contributed by atoms with E-state index in [2.05, 4.69) is 133 Å². The molecule has 3 aliphatic carbocycles. The minimum Gasteiger partial charge on any atom is -0.491 e. The van der Waals surface area contributed by atoms with Gasteiger partial charge in [0.15, 0.2) is 0 Å². The molecule has 384 valence electrons. The summed E-state index contributed by atoms with van der Waals surface area (Å²) in [5.74, 6) is 5.07. The molecule has 8 nitrogen and oxygen atoms in total. The summed E-state index contributed by atoms with van der Waals surface area (Å²) in [6, 6.07) is 45.9. The number of terminal acetylenes is 1. The van der Waals surface area contributed by atoms with Crippen molar-refractivity contribution in [3.8, 4) is 68.7 Å². The maximum Gasteiger partial charge on any atom is 0.123 e. The lowest BCUT2D eigenvalue weighted by atomic mass is 9.79. The first-order valence-electron chi connectivity index (χ1n) is 26.0. The highest BCUT2D eigenvalue weighted by atomic mass is 16.5. The Hall–Kier alpha value is -8.16. The number of rotatable bonds is 24. The van der Waals surface area contributed by atoms with Gasteiger partial charge in [-0.2, -0.15) is 0 Å². The maximum atomic E-state index is 9.94. The summed E-state index contributed by atoms with van der Waals surface area (Å²) in [5.41, 5.74) is 14.9. The van der Waals surface area contributed by atoms with Crippen LogP contribution >= 0.6 is 0 Å². The van der Waals surface area contributed by atoms with Crippen LogP contribution < -0.4 is 18.9 Å². The molecule has 4 unspecified atom stereocenters. The van der Waals surface area contributed by atoms with E-state index in [9.17, 15) is 20.4 Å². The van der Waals surface area contributed by atoms with Crippen LogP contribution in [0.1, 0.15) is 47.4 Å². The molecule has 0 fully saturated rings. The zero-order valence-corrected chi connectivity index (χ0v) is 42.8. The summed E-state index contributed by atoms with van der Waals surface area (Å²) >= 11 is 0. The van der Waals surface area contributed by atoms with E-state index in [4.69, 9.17) is 25.4 Å². The summed E-state index contributed by atoms with van der Waals surface area (Å²) in [4.78, 5) is 0. The van der Waals surface area contributed by atoms with Crippen LogP contribution in [0.15, 0.2) is 229 Å². The monoisotopic (exact) mass is 1010 g/mol. The Morgan fingerprint density at radius 2 is 0.987 bits per heavy atom. The number of aliphatic hydroxyl groups is 4. The fraction of sp³-hybridized carbons (Fsp3) is 0.206. The number of ether oxygens (including phenoxy) is 4. The van der Waals surface area contributed by atoms with Crippen molar-refractivity contribution in [1.29, 1.82) is 0 Å². The molecule has 0 saturated carbocycles. The molecule has 0 saturated heterocycles. The van der Waals surface area contributed by atoms with Gasteiger partial charge >= 0.3 is 0 Å². The smallest absolute Gasteiger partial charge is 0.123 e. The summed E-state index contributed by atoms with van der Waals surface area (Å²) in [5, 5.41) is 38.5. The number of hydrogen-bond donors (Lipinski definition) is 4. The Labute approximate surface area is 446 Å². The molecule has 6 aromatic rings. The van der Waals surface area contributed by atoms with Gasteiger partial charge in [0, 0.05) is 34.8 Å². The number of hydrogen-bond acceptors (Lipinski definition) is 8. The second-order valence-electron chi connectivity index (χ2n) is 18.7. The first-order chi connectivity index (χ1) is 37.4. The Morgan fingerprint density at radius 3 is 1.45 bits per heavy atom. The largest absolute Gasteiger partial charge is 0.491 e. The van der Waals surface area contributed by atoms with E-state index in [1.807, 2.05) is 79.7 Å². The molecule has 0 aromatic heterocycles. The molecule has 4 atom stereocenters. The molecule has 0 amide bonds. The molecule has 0 radical (unpaired) electrons. The number of benzene rings is 6. The Balaban J connectivity index is 1.09. The first-order valence-corrected chi connectivity index (χ1v) is 26.0. The molecular formula is C68H64O8. The van der Waals surface area contributed by atoms with Crippen molar-refractivity contribution in [2.75, 3.05) is 52.9 Å². The van der Waals surface area contributed by atoms with Crippen LogP contribution in [0.5, 0.6) is 23.0 Å². The summed E-state index contributed by atoms with van der Waals surface area (Å²) < 4.78 is 24.0. The van der Waals surface area contributed by atoms with Crippen LogP contribution in [0.2, 0.25) is 0 Å². The van der Waals surface area contributed by atoms with E-state index < -0.39 is 0 Å². The van der Waals surface area contributed by atoms with E-state index in [1.54, 1.807) is 6.08 Å². The van der Waals surface area contributed by atoms with Gasteiger partial charge in [0.2, 0.25) is 0 Å². The van der Waals surface area contributed by atoms with Crippen LogP contribution in [0.3, 0.4) is 0 Å². The molecule has 0 aliphatic heterocycles. The molecule has 3 aliphatic rings. The van der Waals surface area contributed by atoms with Crippen molar-refractivity contribution in [3.63, 3.8) is 0 Å². The van der Waals surface area contributed by atoms with Crippen molar-refractivity contribution in [2.24, 2.45) is 11.8 Å². The van der Waals surface area contributed by atoms with Crippen LogP contribution in [-0.2, 0) is 0 Å². The predicted molar refractivity (Wildman–Crippen MR) is 305 cm³/mol. The molecule has 8 heteroatoms. The summed E-state index contributed by atoms with van der Waals surface area (Å²) in [7, 11) is 0. The average molecular weight is 1010 g/mol. The van der Waals surface area contributed by atoms with E-state index >= 15 is 0 Å². The van der Waals surface area contributed by atoms with Crippen molar-refractivity contribution >= 4 is 0 Å². The topological polar surface area (TPSA) is 118 Å². The minimum absolute atomic E-state index is 0.0133. The Kier molecular flexibility index (Phi) is 17.9. The second kappa shape index (κ2) is 25.9. The van der Waals surface area contributed by atoms with E-state index in [0.717, 1.165) is 79.0 Å². The highest BCUT2D eigenvalue weighted by Crippen LogP contribution is 2.46. The molecule has 6 aromatic carbocycles. The molecule has 0 bridgehead atoms. The fourth-order valence-corrected chi connectivity index (χ4v) is 10.3. The highest BCUT2D eigenvalue weighted by molar-refractivity contribution is 5.71. The maximum absolute atomic E-state index is 9.94. The number of allylic oxidation sites excluding steroid dienone is 16. The third-order valence-corrected chi connectivity index (χ3v) is 14.0. The Morgan fingerprint density at radius 1 is 0.539 bits per heavy atom. The van der Waals surface area contributed by atoms with Crippen LogP contribution in [0.25, 0.3) is 33.4 Å². The van der Waals surface area contributed by atoms with Gasteiger partial charge in [-0.15, -0.1) is 6.42 Å². The van der Waals surface area contributed by atoms with Gasteiger partial charge in [-0.3, -0.25) is 0 Å². The quantitative estimate of drug-likeness (QED) is 0.0350. The number of aliphatic hydroxyl groups excluding tert-OH is 4. The lowest BCUT2D eigenvalue weighted by molar-refractivity contribution is 0.200. The highest BCUT2D eigenvalue weighted by Gasteiger charge is 2.31. The minimum atomic E-state index is -0.176. The zero-order chi connectivity index (χ0) is 52.6. The van der Waals surface area contributed by atoms with Crippen molar-refractivity contribution in [2.45, 2.75) is 25.2 Å². The molecule has 0 heterocycles. The summed E-state index contributed by atoms with van der Waals surface area (Å²) in [6.45, 7) is 2.43. The Bertz CT molecular complexity index is 3230. The third-order valence-electron chi connectivity index (χ3n) is 14.0. The molecule has 76 heavy (non-hydrogen) atoms. The SMILES string of the molecule is C#C/C=C\C(=C/C)C1=CC(C(c2ccc(-c3ccc(C(c4cc(-c5ccc(OCCO)cc5)ccc4OCCO)C4C=CC(C5=CCC=C5)=C4)cc3)cc2)c2cc(-c3ccc(OCCO)cc3)ccc2OCCO)C=C1.